The van der Waals surface area contributed by atoms with E-state index < -0.39 is 5.91 Å². The first-order valence-electron chi connectivity index (χ1n) is 3.83. The van der Waals surface area contributed by atoms with Crippen molar-refractivity contribution >= 4 is 5.91 Å². The summed E-state index contributed by atoms with van der Waals surface area (Å²) >= 11 is 0. The van der Waals surface area contributed by atoms with Crippen LogP contribution in [0.3, 0.4) is 0 Å². The molecule has 0 heterocycles. The summed E-state index contributed by atoms with van der Waals surface area (Å²) in [4.78, 5) is 11.0. The van der Waals surface area contributed by atoms with Gasteiger partial charge in [-0.3, -0.25) is 4.79 Å². The van der Waals surface area contributed by atoms with Crippen molar-refractivity contribution in [3.05, 3.63) is 34.9 Å². The van der Waals surface area contributed by atoms with Gasteiger partial charge in [0.25, 0.3) is 0 Å². The van der Waals surface area contributed by atoms with Gasteiger partial charge in [0.1, 0.15) is 0 Å². The number of benzene rings is 1. The molecule has 0 aliphatic heterocycles. The number of hydrogen-bond acceptors (Lipinski definition) is 3. The maximum atomic E-state index is 11.0. The zero-order valence-corrected chi connectivity index (χ0v) is 7.03. The summed E-state index contributed by atoms with van der Waals surface area (Å²) in [5.41, 5.74) is 6.21. The Kier molecular flexibility index (Phi) is 3.00. The second kappa shape index (κ2) is 4.02. The van der Waals surface area contributed by atoms with Crippen LogP contribution in [0.2, 0.25) is 0 Å². The molecule has 1 aromatic carbocycles. The van der Waals surface area contributed by atoms with E-state index in [0.29, 0.717) is 11.1 Å². The highest BCUT2D eigenvalue weighted by molar-refractivity contribution is 5.95. The first-order valence-corrected chi connectivity index (χ1v) is 3.83. The number of primary amides is 1. The average molecular weight is 181 g/mol. The molecule has 0 fully saturated rings. The topological polar surface area (TPSA) is 83.6 Å². The Morgan fingerprint density at radius 1 is 1.23 bits per heavy atom. The lowest BCUT2D eigenvalue weighted by atomic mass is 10.0. The van der Waals surface area contributed by atoms with Crippen LogP contribution in [0.4, 0.5) is 0 Å². The van der Waals surface area contributed by atoms with E-state index in [2.05, 4.69) is 0 Å². The molecular formula is C9H11NO3. The molecule has 4 nitrogen and oxygen atoms in total. The van der Waals surface area contributed by atoms with Gasteiger partial charge in [-0.25, -0.2) is 0 Å². The normalized spacial score (nSPS) is 10.0. The minimum absolute atomic E-state index is 0.215. The second-order valence-electron chi connectivity index (χ2n) is 2.63. The van der Waals surface area contributed by atoms with Gasteiger partial charge in [-0.05, 0) is 11.1 Å². The molecule has 1 amide bonds. The lowest BCUT2D eigenvalue weighted by Gasteiger charge is -2.07. The minimum Gasteiger partial charge on any atom is -0.392 e. The zero-order chi connectivity index (χ0) is 9.84. The molecule has 0 unspecified atom stereocenters. The summed E-state index contributed by atoms with van der Waals surface area (Å²) < 4.78 is 0. The highest BCUT2D eigenvalue weighted by atomic mass is 16.3. The van der Waals surface area contributed by atoms with Crippen molar-refractivity contribution in [2.45, 2.75) is 13.2 Å². The Labute approximate surface area is 75.6 Å². The number of nitrogens with two attached hydrogens (primary N) is 1. The van der Waals surface area contributed by atoms with E-state index in [4.69, 9.17) is 15.9 Å². The van der Waals surface area contributed by atoms with Gasteiger partial charge >= 0.3 is 0 Å². The molecule has 0 aliphatic rings. The molecule has 0 saturated heterocycles. The van der Waals surface area contributed by atoms with Crippen molar-refractivity contribution in [3.63, 3.8) is 0 Å². The number of carbonyl (C=O) groups excluding carboxylic acids is 1. The molecule has 0 radical (unpaired) electrons. The molecule has 0 bridgehead atoms. The molecule has 70 valence electrons. The van der Waals surface area contributed by atoms with Crippen LogP contribution in [0.5, 0.6) is 0 Å². The fourth-order valence-corrected chi connectivity index (χ4v) is 1.23. The summed E-state index contributed by atoms with van der Waals surface area (Å²) in [6.45, 7) is -0.516. The minimum atomic E-state index is -0.631. The smallest absolute Gasteiger partial charge is 0.249 e. The highest BCUT2D eigenvalue weighted by Gasteiger charge is 2.11. The van der Waals surface area contributed by atoms with Crippen LogP contribution in [0.25, 0.3) is 0 Å². The van der Waals surface area contributed by atoms with Crippen LogP contribution in [0, 0.1) is 0 Å². The Bertz CT molecular complexity index is 300. The number of hydrogen-bond donors (Lipinski definition) is 3. The maximum absolute atomic E-state index is 11.0. The van der Waals surface area contributed by atoms with E-state index in [9.17, 15) is 4.79 Å². The molecule has 0 atom stereocenters. The number of aliphatic hydroxyl groups is 2. The van der Waals surface area contributed by atoms with Gasteiger partial charge in [0, 0.05) is 0 Å². The third-order valence-electron chi connectivity index (χ3n) is 1.82. The molecule has 0 aromatic heterocycles. The molecule has 0 saturated carbocycles. The summed E-state index contributed by atoms with van der Waals surface area (Å²) in [7, 11) is 0. The number of rotatable bonds is 3. The van der Waals surface area contributed by atoms with E-state index in [1.165, 1.54) is 0 Å². The molecule has 4 N–H and O–H groups in total. The Hall–Kier alpha value is -1.39. The van der Waals surface area contributed by atoms with E-state index in [1.807, 2.05) is 0 Å². The highest BCUT2D eigenvalue weighted by Crippen LogP contribution is 2.14. The van der Waals surface area contributed by atoms with Crippen LogP contribution < -0.4 is 5.73 Å². The van der Waals surface area contributed by atoms with Crippen molar-refractivity contribution in [2.75, 3.05) is 0 Å². The standard InChI is InChI=1S/C9H11NO3/c10-9(13)8-6(4-11)2-1-3-7(8)5-12/h1-3,11-12H,4-5H2,(H2,10,13). The summed E-state index contributed by atoms with van der Waals surface area (Å²) in [6.07, 6.45) is 0. The Balaban J connectivity index is 3.29. The molecule has 13 heavy (non-hydrogen) atoms. The molecule has 1 aromatic rings. The average Bonchev–Trinajstić information content (AvgIpc) is 2.16. The summed E-state index contributed by atoms with van der Waals surface area (Å²) in [6, 6.07) is 4.85. The van der Waals surface area contributed by atoms with E-state index >= 15 is 0 Å². The van der Waals surface area contributed by atoms with Crippen LogP contribution in [-0.2, 0) is 13.2 Å². The van der Waals surface area contributed by atoms with Crippen LogP contribution in [-0.4, -0.2) is 16.1 Å². The van der Waals surface area contributed by atoms with Crippen molar-refractivity contribution < 1.29 is 15.0 Å². The summed E-state index contributed by atoms with van der Waals surface area (Å²) in [5, 5.41) is 17.8. The van der Waals surface area contributed by atoms with Gasteiger partial charge in [-0.15, -0.1) is 0 Å². The second-order valence-corrected chi connectivity index (χ2v) is 2.63. The van der Waals surface area contributed by atoms with E-state index in [-0.39, 0.29) is 18.8 Å². The third kappa shape index (κ3) is 1.85. The van der Waals surface area contributed by atoms with Gasteiger partial charge in [0.05, 0.1) is 18.8 Å². The lowest BCUT2D eigenvalue weighted by Crippen LogP contribution is -2.16. The number of amides is 1. The first kappa shape index (κ1) is 9.70. The van der Waals surface area contributed by atoms with Gasteiger partial charge in [-0.2, -0.15) is 0 Å². The Morgan fingerprint density at radius 2 is 1.69 bits per heavy atom. The lowest BCUT2D eigenvalue weighted by molar-refractivity contribution is 0.0994. The third-order valence-corrected chi connectivity index (χ3v) is 1.82. The SMILES string of the molecule is NC(=O)c1c(CO)cccc1CO. The first-order chi connectivity index (χ1) is 6.20. The predicted molar refractivity (Wildman–Crippen MR) is 46.8 cm³/mol. The van der Waals surface area contributed by atoms with E-state index in [0.717, 1.165) is 0 Å². The van der Waals surface area contributed by atoms with Gasteiger partial charge in [0.15, 0.2) is 0 Å². The monoisotopic (exact) mass is 181 g/mol. The van der Waals surface area contributed by atoms with E-state index in [1.54, 1.807) is 18.2 Å². The van der Waals surface area contributed by atoms with Crippen LogP contribution in [0.15, 0.2) is 18.2 Å². The molecule has 4 heteroatoms. The molecule has 0 aliphatic carbocycles. The Morgan fingerprint density at radius 3 is 2.00 bits per heavy atom. The van der Waals surface area contributed by atoms with Crippen LogP contribution in [0.1, 0.15) is 21.5 Å². The van der Waals surface area contributed by atoms with Crippen molar-refractivity contribution in [1.82, 2.24) is 0 Å². The van der Waals surface area contributed by atoms with Gasteiger partial charge in [-0.1, -0.05) is 18.2 Å². The predicted octanol–water partition coefficient (Wildman–Crippen LogP) is -0.230. The fourth-order valence-electron chi connectivity index (χ4n) is 1.23. The van der Waals surface area contributed by atoms with Gasteiger partial charge in [0.2, 0.25) is 5.91 Å². The van der Waals surface area contributed by atoms with Crippen LogP contribution >= 0.6 is 0 Å². The largest absolute Gasteiger partial charge is 0.392 e. The molecule has 0 spiro atoms. The van der Waals surface area contributed by atoms with Crippen molar-refractivity contribution in [3.8, 4) is 0 Å². The summed E-state index contributed by atoms with van der Waals surface area (Å²) in [5.74, 6) is -0.631. The maximum Gasteiger partial charge on any atom is 0.249 e. The number of aliphatic hydroxyl groups excluding tert-OH is 2. The molecular weight excluding hydrogens is 170 g/mol. The van der Waals surface area contributed by atoms with Gasteiger partial charge < -0.3 is 15.9 Å². The zero-order valence-electron chi connectivity index (χ0n) is 7.03. The molecule has 1 rings (SSSR count). The fraction of sp³-hybridized carbons (Fsp3) is 0.222. The van der Waals surface area contributed by atoms with Crippen molar-refractivity contribution in [2.24, 2.45) is 5.73 Å². The van der Waals surface area contributed by atoms with Crippen molar-refractivity contribution in [1.29, 1.82) is 0 Å². The number of carbonyl (C=O) groups is 1. The quantitative estimate of drug-likeness (QED) is 0.602.